The van der Waals surface area contributed by atoms with Crippen LogP contribution in [0.1, 0.15) is 24.3 Å². The Hall–Kier alpha value is -2.33. The molecule has 2 N–H and O–H groups in total. The molecule has 1 heterocycles. The summed E-state index contributed by atoms with van der Waals surface area (Å²) in [5.74, 6) is 0.748. The molecule has 1 saturated carbocycles. The van der Waals surface area contributed by atoms with E-state index in [2.05, 4.69) is 4.98 Å². The summed E-state index contributed by atoms with van der Waals surface area (Å²) >= 11 is 6.28. The zero-order valence-corrected chi connectivity index (χ0v) is 12.5. The van der Waals surface area contributed by atoms with Crippen LogP contribution in [0.4, 0.5) is 5.82 Å². The van der Waals surface area contributed by atoms with E-state index in [1.807, 2.05) is 36.4 Å². The first kappa shape index (κ1) is 13.3. The summed E-state index contributed by atoms with van der Waals surface area (Å²) in [7, 11) is 0. The number of aromatic nitrogens is 2. The molecule has 1 fully saturated rings. The van der Waals surface area contributed by atoms with Gasteiger partial charge in [-0.15, -0.1) is 0 Å². The number of benzene rings is 2. The number of nitrogens with two attached hydrogens (primary N) is 1. The number of nitrogens with zero attached hydrogens (tertiary/aromatic N) is 2. The van der Waals surface area contributed by atoms with Crippen molar-refractivity contribution in [3.63, 3.8) is 0 Å². The van der Waals surface area contributed by atoms with Crippen molar-refractivity contribution in [1.29, 1.82) is 0 Å². The minimum absolute atomic E-state index is 0.283. The van der Waals surface area contributed by atoms with Crippen LogP contribution in [0.3, 0.4) is 0 Å². The fourth-order valence-electron chi connectivity index (χ4n) is 2.92. The first-order valence-electron chi connectivity index (χ1n) is 7.22. The fourth-order valence-corrected chi connectivity index (χ4v) is 3.14. The molecule has 4 rings (SSSR count). The molecule has 0 aliphatic heterocycles. The van der Waals surface area contributed by atoms with Gasteiger partial charge < -0.3 is 5.73 Å². The van der Waals surface area contributed by atoms with Crippen LogP contribution in [0.25, 0.3) is 16.6 Å². The van der Waals surface area contributed by atoms with Gasteiger partial charge in [-0.2, -0.15) is 4.98 Å². The van der Waals surface area contributed by atoms with Crippen LogP contribution >= 0.6 is 11.6 Å². The highest BCUT2D eigenvalue weighted by atomic mass is 35.5. The van der Waals surface area contributed by atoms with E-state index in [-0.39, 0.29) is 11.5 Å². The molecule has 5 heteroatoms. The molecule has 0 atom stereocenters. The van der Waals surface area contributed by atoms with Crippen LogP contribution < -0.4 is 11.4 Å². The number of nitrogen functional groups attached to an aromatic ring is 1. The highest BCUT2D eigenvalue weighted by molar-refractivity contribution is 6.31. The highest BCUT2D eigenvalue weighted by Gasteiger charge is 2.28. The SMILES string of the molecule is Nc1nc(=O)n(-c2ccccc2)c2cc(Cl)cc(C3CC3)c12. The Kier molecular flexibility index (Phi) is 2.94. The van der Waals surface area contributed by atoms with Crippen molar-refractivity contribution in [1.82, 2.24) is 9.55 Å². The first-order valence-corrected chi connectivity index (χ1v) is 7.60. The van der Waals surface area contributed by atoms with Gasteiger partial charge in [0.15, 0.2) is 0 Å². The van der Waals surface area contributed by atoms with Crippen LogP contribution in [0.15, 0.2) is 47.3 Å². The summed E-state index contributed by atoms with van der Waals surface area (Å²) in [5.41, 5.74) is 8.24. The average molecular weight is 312 g/mol. The fraction of sp³-hybridized carbons (Fsp3) is 0.176. The zero-order valence-electron chi connectivity index (χ0n) is 11.8. The van der Waals surface area contributed by atoms with Crippen LogP contribution in [0.5, 0.6) is 0 Å². The third-order valence-corrected chi connectivity index (χ3v) is 4.27. The molecule has 0 bridgehead atoms. The molecular formula is C17H14ClN3O. The molecule has 1 aromatic heterocycles. The van der Waals surface area contributed by atoms with Gasteiger partial charge >= 0.3 is 5.69 Å². The molecule has 110 valence electrons. The summed E-state index contributed by atoms with van der Waals surface area (Å²) in [6.07, 6.45) is 2.25. The molecule has 0 saturated heterocycles. The third-order valence-electron chi connectivity index (χ3n) is 4.05. The van der Waals surface area contributed by atoms with Crippen LogP contribution in [0.2, 0.25) is 5.02 Å². The number of anilines is 1. The second-order valence-electron chi connectivity index (χ2n) is 5.61. The van der Waals surface area contributed by atoms with E-state index in [0.29, 0.717) is 10.9 Å². The second kappa shape index (κ2) is 4.85. The van der Waals surface area contributed by atoms with Gasteiger partial charge in [0, 0.05) is 10.4 Å². The normalized spacial score (nSPS) is 14.4. The molecule has 2 aromatic carbocycles. The lowest BCUT2D eigenvalue weighted by molar-refractivity contribution is 0.961. The highest BCUT2D eigenvalue weighted by Crippen LogP contribution is 2.45. The van der Waals surface area contributed by atoms with Crippen molar-refractivity contribution in [3.8, 4) is 5.69 Å². The van der Waals surface area contributed by atoms with Crippen molar-refractivity contribution < 1.29 is 0 Å². The van der Waals surface area contributed by atoms with Gasteiger partial charge in [0.2, 0.25) is 0 Å². The first-order chi connectivity index (χ1) is 10.6. The van der Waals surface area contributed by atoms with E-state index < -0.39 is 0 Å². The minimum atomic E-state index is -0.389. The molecule has 1 aliphatic rings. The largest absolute Gasteiger partial charge is 0.383 e. The Balaban J connectivity index is 2.15. The Morgan fingerprint density at radius 1 is 1.18 bits per heavy atom. The van der Waals surface area contributed by atoms with Gasteiger partial charge in [-0.3, -0.25) is 4.57 Å². The van der Waals surface area contributed by atoms with Crippen molar-refractivity contribution in [2.75, 3.05) is 5.73 Å². The molecule has 0 unspecified atom stereocenters. The van der Waals surface area contributed by atoms with Crippen molar-refractivity contribution in [2.24, 2.45) is 0 Å². The van der Waals surface area contributed by atoms with E-state index in [1.54, 1.807) is 10.6 Å². The monoisotopic (exact) mass is 311 g/mol. The summed E-state index contributed by atoms with van der Waals surface area (Å²) in [6, 6.07) is 13.2. The van der Waals surface area contributed by atoms with Crippen molar-refractivity contribution in [3.05, 3.63) is 63.5 Å². The number of rotatable bonds is 2. The number of fused-ring (bicyclic) bond motifs is 1. The van der Waals surface area contributed by atoms with Gasteiger partial charge in [-0.1, -0.05) is 29.8 Å². The lowest BCUT2D eigenvalue weighted by Gasteiger charge is -2.14. The zero-order chi connectivity index (χ0) is 15.3. The van der Waals surface area contributed by atoms with E-state index in [9.17, 15) is 4.79 Å². The summed E-state index contributed by atoms with van der Waals surface area (Å²) in [6.45, 7) is 0. The topological polar surface area (TPSA) is 60.9 Å². The smallest absolute Gasteiger partial charge is 0.354 e. The van der Waals surface area contributed by atoms with Crippen LogP contribution in [0, 0.1) is 0 Å². The predicted molar refractivity (Wildman–Crippen MR) is 88.7 cm³/mol. The number of halogens is 1. The van der Waals surface area contributed by atoms with Crippen LogP contribution in [-0.4, -0.2) is 9.55 Å². The second-order valence-corrected chi connectivity index (χ2v) is 6.05. The lowest BCUT2D eigenvalue weighted by Crippen LogP contribution is -2.23. The third kappa shape index (κ3) is 2.07. The minimum Gasteiger partial charge on any atom is -0.383 e. The van der Waals surface area contributed by atoms with Gasteiger partial charge in [0.1, 0.15) is 5.82 Å². The van der Waals surface area contributed by atoms with Gasteiger partial charge in [0.25, 0.3) is 0 Å². The number of hydrogen-bond donors (Lipinski definition) is 1. The average Bonchev–Trinajstić information content (AvgIpc) is 3.31. The lowest BCUT2D eigenvalue weighted by atomic mass is 10.0. The molecule has 4 nitrogen and oxygen atoms in total. The molecule has 22 heavy (non-hydrogen) atoms. The molecular weight excluding hydrogens is 298 g/mol. The van der Waals surface area contributed by atoms with Crippen molar-refractivity contribution in [2.45, 2.75) is 18.8 Å². The maximum Gasteiger partial charge on any atom is 0.354 e. The maximum atomic E-state index is 12.4. The Bertz CT molecular complexity index is 930. The van der Waals surface area contributed by atoms with Crippen molar-refractivity contribution >= 4 is 28.3 Å². The molecule has 1 aliphatic carbocycles. The summed E-state index contributed by atoms with van der Waals surface area (Å²) in [5, 5.41) is 1.46. The summed E-state index contributed by atoms with van der Waals surface area (Å²) in [4.78, 5) is 16.4. The molecule has 0 radical (unpaired) electrons. The standard InChI is InChI=1S/C17H14ClN3O/c18-11-8-13(10-6-7-10)15-14(9-11)21(17(22)20-16(15)19)12-4-2-1-3-5-12/h1-5,8-10H,6-7H2,(H2,19,20,22). The van der Waals surface area contributed by atoms with Gasteiger partial charge in [-0.25, -0.2) is 4.79 Å². The quantitative estimate of drug-likeness (QED) is 0.788. The Labute approximate surface area is 132 Å². The van der Waals surface area contributed by atoms with E-state index in [0.717, 1.165) is 35.0 Å². The van der Waals surface area contributed by atoms with E-state index in [1.165, 1.54) is 0 Å². The molecule has 0 amide bonds. The van der Waals surface area contributed by atoms with E-state index >= 15 is 0 Å². The van der Waals surface area contributed by atoms with Gasteiger partial charge in [-0.05, 0) is 48.6 Å². The van der Waals surface area contributed by atoms with Crippen LogP contribution in [-0.2, 0) is 0 Å². The summed E-state index contributed by atoms with van der Waals surface area (Å²) < 4.78 is 1.57. The molecule has 0 spiro atoms. The molecule has 3 aromatic rings. The van der Waals surface area contributed by atoms with Gasteiger partial charge in [0.05, 0.1) is 11.2 Å². The predicted octanol–water partition coefficient (Wildman–Crippen LogP) is 3.50. The number of para-hydroxylation sites is 1. The number of hydrogen-bond acceptors (Lipinski definition) is 3. The Morgan fingerprint density at radius 2 is 1.91 bits per heavy atom. The van der Waals surface area contributed by atoms with E-state index in [4.69, 9.17) is 17.3 Å². The Morgan fingerprint density at radius 3 is 2.59 bits per heavy atom. The maximum absolute atomic E-state index is 12.4.